The van der Waals surface area contributed by atoms with Crippen LogP contribution in [-0.2, 0) is 16.6 Å². The lowest BCUT2D eigenvalue weighted by molar-refractivity contribution is 0.171. The minimum absolute atomic E-state index is 0.242. The lowest BCUT2D eigenvalue weighted by Gasteiger charge is -2.31. The van der Waals surface area contributed by atoms with Crippen molar-refractivity contribution in [1.29, 1.82) is 0 Å². The fourth-order valence-electron chi connectivity index (χ4n) is 4.99. The second-order valence-corrected chi connectivity index (χ2v) is 14.0. The van der Waals surface area contributed by atoms with Gasteiger partial charge in [-0.15, -0.1) is 11.3 Å². The molecular weight excluding hydrogens is 559 g/mol. The third-order valence-corrected chi connectivity index (χ3v) is 10.2. The molecule has 1 fully saturated rings. The Morgan fingerprint density at radius 1 is 1.18 bits per heavy atom. The molecule has 1 unspecified atom stereocenters. The maximum atomic E-state index is 12.1. The molecule has 0 spiro atoms. The highest BCUT2D eigenvalue weighted by Gasteiger charge is 2.27. The van der Waals surface area contributed by atoms with Crippen LogP contribution >= 0.6 is 23.1 Å². The van der Waals surface area contributed by atoms with E-state index in [0.717, 1.165) is 44.8 Å². The van der Waals surface area contributed by atoms with Gasteiger partial charge >= 0.3 is 0 Å². The number of nitrogens with two attached hydrogens (primary N) is 1. The first kappa shape index (κ1) is 26.3. The average molecular weight is 588 g/mol. The lowest BCUT2D eigenvalue weighted by Crippen LogP contribution is -2.39. The first-order valence-electron chi connectivity index (χ1n) is 12.7. The number of imidazole rings is 1. The van der Waals surface area contributed by atoms with Crippen molar-refractivity contribution in [2.75, 3.05) is 38.3 Å². The predicted octanol–water partition coefficient (Wildman–Crippen LogP) is 3.82. The van der Waals surface area contributed by atoms with E-state index in [1.165, 1.54) is 24.3 Å². The molecule has 1 aromatic carbocycles. The highest BCUT2D eigenvalue weighted by molar-refractivity contribution is 7.99. The normalized spacial score (nSPS) is 18.1. The Morgan fingerprint density at radius 3 is 2.72 bits per heavy atom. The zero-order chi connectivity index (χ0) is 27.1. The Morgan fingerprint density at radius 2 is 1.97 bits per heavy atom. The quantitative estimate of drug-likeness (QED) is 0.339. The second kappa shape index (κ2) is 10.6. The second-order valence-electron chi connectivity index (χ2n) is 9.77. The van der Waals surface area contributed by atoms with Crippen molar-refractivity contribution in [3.8, 4) is 22.1 Å². The van der Waals surface area contributed by atoms with Crippen molar-refractivity contribution in [2.24, 2.45) is 5.92 Å². The minimum Gasteiger partial charge on any atom is -0.486 e. The van der Waals surface area contributed by atoms with E-state index in [4.69, 9.17) is 20.2 Å². The van der Waals surface area contributed by atoms with E-state index in [1.54, 1.807) is 15.6 Å². The third kappa shape index (κ3) is 5.42. The molecule has 0 amide bonds. The van der Waals surface area contributed by atoms with Crippen LogP contribution in [0.4, 0.5) is 5.82 Å². The molecule has 1 saturated heterocycles. The summed E-state index contributed by atoms with van der Waals surface area (Å²) in [6.07, 6.45) is 7.21. The molecule has 0 radical (unpaired) electrons. The van der Waals surface area contributed by atoms with Crippen LogP contribution in [0.2, 0.25) is 0 Å². The van der Waals surface area contributed by atoms with Gasteiger partial charge in [0.05, 0.1) is 6.26 Å². The van der Waals surface area contributed by atoms with Crippen LogP contribution in [-0.4, -0.2) is 69.8 Å². The van der Waals surface area contributed by atoms with Gasteiger partial charge in [-0.05, 0) is 44.2 Å². The molecule has 14 heteroatoms. The molecule has 4 aromatic rings. The number of benzene rings is 1. The summed E-state index contributed by atoms with van der Waals surface area (Å²) in [5.74, 6) is 1.95. The van der Waals surface area contributed by atoms with E-state index in [1.807, 2.05) is 25.3 Å². The Hall–Kier alpha value is -2.94. The Labute approximate surface area is 234 Å². The number of anilines is 1. The number of fused-ring (bicyclic) bond motifs is 2. The summed E-state index contributed by atoms with van der Waals surface area (Å²) in [6, 6.07) is 3.97. The van der Waals surface area contributed by atoms with E-state index < -0.39 is 10.0 Å². The summed E-state index contributed by atoms with van der Waals surface area (Å²) < 4.78 is 39.7. The fourth-order valence-corrected chi connectivity index (χ4v) is 7.84. The number of sulfonamides is 1. The monoisotopic (exact) mass is 587 g/mol. The Kier molecular flexibility index (Phi) is 7.12. The molecule has 2 aliphatic heterocycles. The van der Waals surface area contributed by atoms with E-state index in [9.17, 15) is 8.42 Å². The van der Waals surface area contributed by atoms with Crippen LogP contribution in [0.1, 0.15) is 24.1 Å². The van der Waals surface area contributed by atoms with Crippen molar-refractivity contribution in [1.82, 2.24) is 28.8 Å². The van der Waals surface area contributed by atoms with Crippen molar-refractivity contribution >= 4 is 50.1 Å². The first-order chi connectivity index (χ1) is 18.8. The van der Waals surface area contributed by atoms with Crippen LogP contribution in [0.25, 0.3) is 21.7 Å². The number of rotatable bonds is 7. The SMILES string of the molecule is Cc1cnc(-c2cc3c(cc2Sc2nc4c(N)ncnc4n2CCC2CCCN(S(C)(=O)=O)C2)OCCO3)s1. The number of nitrogen functional groups attached to an aromatic ring is 1. The number of ether oxygens (including phenoxy) is 2. The molecule has 6 rings (SSSR count). The Bertz CT molecular complexity index is 1640. The van der Waals surface area contributed by atoms with Gasteiger partial charge in [0.2, 0.25) is 10.0 Å². The molecular formula is C25H29N7O4S3. The molecule has 2 N–H and O–H groups in total. The van der Waals surface area contributed by atoms with E-state index in [-0.39, 0.29) is 5.92 Å². The molecule has 0 bridgehead atoms. The van der Waals surface area contributed by atoms with Crippen molar-refractivity contribution in [2.45, 2.75) is 42.8 Å². The number of thiazole rings is 1. The maximum Gasteiger partial charge on any atom is 0.211 e. The van der Waals surface area contributed by atoms with Gasteiger partial charge in [-0.3, -0.25) is 0 Å². The number of hydrogen-bond donors (Lipinski definition) is 1. The van der Waals surface area contributed by atoms with Gasteiger partial charge in [0.1, 0.15) is 24.5 Å². The summed E-state index contributed by atoms with van der Waals surface area (Å²) in [6.45, 7) is 4.75. The highest BCUT2D eigenvalue weighted by Crippen LogP contribution is 2.45. The van der Waals surface area contributed by atoms with Crippen LogP contribution in [0.15, 0.2) is 34.7 Å². The van der Waals surface area contributed by atoms with Gasteiger partial charge in [0.25, 0.3) is 0 Å². The van der Waals surface area contributed by atoms with E-state index in [0.29, 0.717) is 61.3 Å². The van der Waals surface area contributed by atoms with E-state index >= 15 is 0 Å². The molecule has 3 aromatic heterocycles. The van der Waals surface area contributed by atoms with Crippen LogP contribution in [0.3, 0.4) is 0 Å². The molecule has 0 saturated carbocycles. The van der Waals surface area contributed by atoms with Crippen LogP contribution < -0.4 is 15.2 Å². The molecule has 0 aliphatic carbocycles. The highest BCUT2D eigenvalue weighted by atomic mass is 32.2. The van der Waals surface area contributed by atoms with Gasteiger partial charge in [-0.2, -0.15) is 0 Å². The summed E-state index contributed by atoms with van der Waals surface area (Å²) in [5, 5.41) is 1.61. The largest absolute Gasteiger partial charge is 0.486 e. The molecule has 206 valence electrons. The standard InChI is InChI=1S/C25H29N7O4S3/c1-15-12-27-24(37-15)17-10-18-19(36-9-8-35-18)11-20(17)38-25-30-21-22(26)28-14-29-23(21)32(25)7-5-16-4-3-6-31(13-16)39(2,33)34/h10-12,14,16H,3-9,13H2,1-2H3,(H2,26,28,29). The number of piperidine rings is 1. The first-order valence-corrected chi connectivity index (χ1v) is 16.2. The van der Waals surface area contributed by atoms with Crippen molar-refractivity contribution in [3.63, 3.8) is 0 Å². The number of nitrogens with zero attached hydrogens (tertiary/aromatic N) is 6. The zero-order valence-electron chi connectivity index (χ0n) is 21.7. The summed E-state index contributed by atoms with van der Waals surface area (Å²) in [7, 11) is -3.21. The van der Waals surface area contributed by atoms with Crippen LogP contribution in [0, 0.1) is 12.8 Å². The van der Waals surface area contributed by atoms with Crippen molar-refractivity contribution < 1.29 is 17.9 Å². The number of aryl methyl sites for hydroxylation is 2. The van der Waals surface area contributed by atoms with E-state index in [2.05, 4.69) is 19.5 Å². The summed E-state index contributed by atoms with van der Waals surface area (Å²) >= 11 is 3.11. The number of aromatic nitrogens is 5. The summed E-state index contributed by atoms with van der Waals surface area (Å²) in [5.41, 5.74) is 8.34. The van der Waals surface area contributed by atoms with Gasteiger partial charge in [0, 0.05) is 41.2 Å². The molecule has 5 heterocycles. The van der Waals surface area contributed by atoms with Gasteiger partial charge < -0.3 is 19.8 Å². The van der Waals surface area contributed by atoms with Gasteiger partial charge in [-0.1, -0.05) is 11.8 Å². The van der Waals surface area contributed by atoms with Gasteiger partial charge in [0.15, 0.2) is 33.6 Å². The van der Waals surface area contributed by atoms with Gasteiger partial charge in [-0.25, -0.2) is 32.7 Å². The maximum absolute atomic E-state index is 12.1. The average Bonchev–Trinajstić information content (AvgIpc) is 3.50. The van der Waals surface area contributed by atoms with Crippen molar-refractivity contribution in [3.05, 3.63) is 29.5 Å². The third-order valence-electron chi connectivity index (χ3n) is 6.93. The Balaban J connectivity index is 1.36. The molecule has 2 aliphatic rings. The van der Waals surface area contributed by atoms with Crippen LogP contribution in [0.5, 0.6) is 11.5 Å². The summed E-state index contributed by atoms with van der Waals surface area (Å²) in [4.78, 5) is 20.2. The fraction of sp³-hybridized carbons (Fsp3) is 0.440. The predicted molar refractivity (Wildman–Crippen MR) is 151 cm³/mol. The molecule has 1 atom stereocenters. The zero-order valence-corrected chi connectivity index (χ0v) is 24.1. The lowest BCUT2D eigenvalue weighted by atomic mass is 9.96. The molecule has 11 nitrogen and oxygen atoms in total. The number of hydrogen-bond acceptors (Lipinski definition) is 11. The molecule has 39 heavy (non-hydrogen) atoms. The topological polar surface area (TPSA) is 138 Å². The smallest absolute Gasteiger partial charge is 0.211 e. The minimum atomic E-state index is -3.21.